The fraction of sp³-hybridized carbons (Fsp3) is 0.724. The Morgan fingerprint density at radius 3 is 1.61 bits per heavy atom. The van der Waals surface area contributed by atoms with E-state index in [1.807, 2.05) is 25.1 Å². The van der Waals surface area contributed by atoms with Crippen LogP contribution in [0.2, 0.25) is 0 Å². The molecule has 0 aliphatic carbocycles. The van der Waals surface area contributed by atoms with E-state index in [2.05, 4.69) is 6.92 Å². The first-order valence-corrected chi connectivity index (χ1v) is 13.6. The van der Waals surface area contributed by atoms with Crippen LogP contribution < -0.4 is 4.74 Å². The molecule has 0 radical (unpaired) electrons. The van der Waals surface area contributed by atoms with E-state index >= 15 is 0 Å². The second-order valence-corrected chi connectivity index (χ2v) is 9.26. The molecule has 4 heteroatoms. The van der Waals surface area contributed by atoms with E-state index in [4.69, 9.17) is 9.47 Å². The lowest BCUT2D eigenvalue weighted by molar-refractivity contribution is -0.147. The first kappa shape index (κ1) is 29.2. The standard InChI is InChI=1S/C29H48O4/c1-3-4-5-6-7-8-9-10-11-12-13-14-15-16-17-20-25-32-28(30)23-24-29(31)33-27-22-19-18-21-26(27)2/h18-19,21-22H,3-17,20,23-25H2,1-2H3. The van der Waals surface area contributed by atoms with Gasteiger partial charge in [0, 0.05) is 0 Å². The van der Waals surface area contributed by atoms with Crippen molar-refractivity contribution in [2.75, 3.05) is 6.61 Å². The molecule has 33 heavy (non-hydrogen) atoms. The van der Waals surface area contributed by atoms with E-state index < -0.39 is 5.97 Å². The Balaban J connectivity index is 1.83. The van der Waals surface area contributed by atoms with Gasteiger partial charge < -0.3 is 9.47 Å². The van der Waals surface area contributed by atoms with Crippen molar-refractivity contribution in [2.45, 2.75) is 129 Å². The lowest BCUT2D eigenvalue weighted by Crippen LogP contribution is -2.13. The number of hydrogen-bond acceptors (Lipinski definition) is 4. The molecule has 188 valence electrons. The second-order valence-electron chi connectivity index (χ2n) is 9.26. The quantitative estimate of drug-likeness (QED) is 0.105. The van der Waals surface area contributed by atoms with Crippen molar-refractivity contribution in [2.24, 2.45) is 0 Å². The molecule has 0 atom stereocenters. The number of unbranched alkanes of at least 4 members (excludes halogenated alkanes) is 15. The Kier molecular flexibility index (Phi) is 18.4. The Morgan fingerprint density at radius 2 is 1.09 bits per heavy atom. The predicted octanol–water partition coefficient (Wildman–Crippen LogP) is 8.49. The van der Waals surface area contributed by atoms with E-state index in [-0.39, 0.29) is 18.8 Å². The van der Waals surface area contributed by atoms with Crippen LogP contribution in [-0.2, 0) is 14.3 Å². The maximum absolute atomic E-state index is 11.9. The van der Waals surface area contributed by atoms with Gasteiger partial charge >= 0.3 is 11.9 Å². The molecule has 0 spiro atoms. The summed E-state index contributed by atoms with van der Waals surface area (Å²) >= 11 is 0. The number of carbonyl (C=O) groups excluding carboxylic acids is 2. The molecule has 0 fully saturated rings. The lowest BCUT2D eigenvalue weighted by Gasteiger charge is -2.07. The summed E-state index contributed by atoms with van der Waals surface area (Å²) in [5, 5.41) is 0. The van der Waals surface area contributed by atoms with Crippen molar-refractivity contribution in [3.63, 3.8) is 0 Å². The van der Waals surface area contributed by atoms with Crippen molar-refractivity contribution >= 4 is 11.9 Å². The zero-order valence-electron chi connectivity index (χ0n) is 21.4. The minimum absolute atomic E-state index is 0.0477. The molecule has 0 bridgehead atoms. The third kappa shape index (κ3) is 17.3. The maximum atomic E-state index is 11.9. The largest absolute Gasteiger partial charge is 0.466 e. The Bertz CT molecular complexity index is 626. The molecular formula is C29H48O4. The monoisotopic (exact) mass is 460 g/mol. The van der Waals surface area contributed by atoms with Crippen LogP contribution in [0, 0.1) is 6.92 Å². The van der Waals surface area contributed by atoms with Gasteiger partial charge in [-0.25, -0.2) is 0 Å². The summed E-state index contributed by atoms with van der Waals surface area (Å²) < 4.78 is 10.5. The Morgan fingerprint density at radius 1 is 0.636 bits per heavy atom. The number of aryl methyl sites for hydroxylation is 1. The normalized spacial score (nSPS) is 10.8. The zero-order chi connectivity index (χ0) is 24.0. The minimum atomic E-state index is -0.399. The van der Waals surface area contributed by atoms with Gasteiger partial charge in [-0.2, -0.15) is 0 Å². The zero-order valence-corrected chi connectivity index (χ0v) is 21.4. The highest BCUT2D eigenvalue weighted by atomic mass is 16.5. The molecule has 0 N–H and O–H groups in total. The van der Waals surface area contributed by atoms with Gasteiger partial charge in [0.05, 0.1) is 19.4 Å². The average molecular weight is 461 g/mol. The molecule has 1 aromatic rings. The van der Waals surface area contributed by atoms with Gasteiger partial charge in [-0.15, -0.1) is 0 Å². The first-order chi connectivity index (χ1) is 16.1. The summed E-state index contributed by atoms with van der Waals surface area (Å²) in [6, 6.07) is 7.35. The number of rotatable bonds is 21. The number of para-hydroxylation sites is 1. The third-order valence-electron chi connectivity index (χ3n) is 6.11. The van der Waals surface area contributed by atoms with E-state index in [0.29, 0.717) is 12.4 Å². The van der Waals surface area contributed by atoms with Gasteiger partial charge in [0.2, 0.25) is 0 Å². The topological polar surface area (TPSA) is 52.6 Å². The van der Waals surface area contributed by atoms with Crippen LogP contribution >= 0.6 is 0 Å². The number of esters is 2. The smallest absolute Gasteiger partial charge is 0.311 e. The molecule has 4 nitrogen and oxygen atoms in total. The summed E-state index contributed by atoms with van der Waals surface area (Å²) in [7, 11) is 0. The molecule has 0 heterocycles. The van der Waals surface area contributed by atoms with Crippen LogP contribution in [0.25, 0.3) is 0 Å². The summed E-state index contributed by atoms with van der Waals surface area (Å²) in [5.74, 6) is -0.176. The van der Waals surface area contributed by atoms with Gasteiger partial charge in [-0.1, -0.05) is 121 Å². The molecule has 0 saturated carbocycles. The molecule has 1 aromatic carbocycles. The van der Waals surface area contributed by atoms with E-state index in [9.17, 15) is 9.59 Å². The fourth-order valence-electron chi connectivity index (χ4n) is 3.96. The van der Waals surface area contributed by atoms with Crippen molar-refractivity contribution < 1.29 is 19.1 Å². The van der Waals surface area contributed by atoms with Gasteiger partial charge in [0.1, 0.15) is 5.75 Å². The number of benzene rings is 1. The number of ether oxygens (including phenoxy) is 2. The SMILES string of the molecule is CCCCCCCCCCCCCCCCCCOC(=O)CCC(=O)Oc1ccccc1C. The molecular weight excluding hydrogens is 412 g/mol. The van der Waals surface area contributed by atoms with Crippen LogP contribution in [0.15, 0.2) is 24.3 Å². The van der Waals surface area contributed by atoms with Crippen molar-refractivity contribution in [3.8, 4) is 5.75 Å². The van der Waals surface area contributed by atoms with Crippen LogP contribution in [0.4, 0.5) is 0 Å². The van der Waals surface area contributed by atoms with E-state index in [1.165, 1.54) is 89.9 Å². The molecule has 0 aromatic heterocycles. The van der Waals surface area contributed by atoms with Gasteiger partial charge in [-0.05, 0) is 25.0 Å². The summed E-state index contributed by atoms with van der Waals surface area (Å²) in [5.41, 5.74) is 0.900. The van der Waals surface area contributed by atoms with Gasteiger partial charge in [-0.3, -0.25) is 9.59 Å². The highest BCUT2D eigenvalue weighted by molar-refractivity contribution is 5.79. The van der Waals surface area contributed by atoms with Crippen molar-refractivity contribution in [1.29, 1.82) is 0 Å². The second kappa shape index (κ2) is 20.7. The molecule has 0 amide bonds. The molecule has 0 aliphatic heterocycles. The Labute approximate surface area is 202 Å². The molecule has 0 aliphatic rings. The van der Waals surface area contributed by atoms with E-state index in [0.717, 1.165) is 18.4 Å². The van der Waals surface area contributed by atoms with Crippen LogP contribution in [-0.4, -0.2) is 18.5 Å². The molecule has 0 unspecified atom stereocenters. The maximum Gasteiger partial charge on any atom is 0.311 e. The highest BCUT2D eigenvalue weighted by Crippen LogP contribution is 2.17. The molecule has 1 rings (SSSR count). The van der Waals surface area contributed by atoms with Crippen molar-refractivity contribution in [3.05, 3.63) is 29.8 Å². The van der Waals surface area contributed by atoms with Crippen LogP contribution in [0.3, 0.4) is 0 Å². The highest BCUT2D eigenvalue weighted by Gasteiger charge is 2.11. The Hall–Kier alpha value is -1.84. The number of carbonyl (C=O) groups is 2. The first-order valence-electron chi connectivity index (χ1n) is 13.6. The van der Waals surface area contributed by atoms with Gasteiger partial charge in [0.15, 0.2) is 0 Å². The van der Waals surface area contributed by atoms with Crippen molar-refractivity contribution in [1.82, 2.24) is 0 Å². The lowest BCUT2D eigenvalue weighted by atomic mass is 10.0. The summed E-state index contributed by atoms with van der Waals surface area (Å²) in [6.45, 7) is 4.61. The summed E-state index contributed by atoms with van der Waals surface area (Å²) in [4.78, 5) is 23.7. The van der Waals surface area contributed by atoms with E-state index in [1.54, 1.807) is 6.07 Å². The van der Waals surface area contributed by atoms with Gasteiger partial charge in [0.25, 0.3) is 0 Å². The minimum Gasteiger partial charge on any atom is -0.466 e. The summed E-state index contributed by atoms with van der Waals surface area (Å²) in [6.07, 6.45) is 21.3. The fourth-order valence-corrected chi connectivity index (χ4v) is 3.96. The van der Waals surface area contributed by atoms with Crippen LogP contribution in [0.5, 0.6) is 5.75 Å². The third-order valence-corrected chi connectivity index (χ3v) is 6.11. The average Bonchev–Trinajstić information content (AvgIpc) is 2.81. The van der Waals surface area contributed by atoms with Crippen LogP contribution in [0.1, 0.15) is 128 Å². The molecule has 0 saturated heterocycles. The number of hydrogen-bond donors (Lipinski definition) is 0. The predicted molar refractivity (Wildman–Crippen MR) is 137 cm³/mol.